The van der Waals surface area contributed by atoms with Gasteiger partial charge in [0.1, 0.15) is 5.78 Å². The van der Waals surface area contributed by atoms with Gasteiger partial charge in [-0.05, 0) is 45.4 Å². The number of rotatable bonds is 19. The van der Waals surface area contributed by atoms with Gasteiger partial charge in [-0.15, -0.1) is 12.2 Å². The van der Waals surface area contributed by atoms with Gasteiger partial charge in [-0.1, -0.05) is 30.7 Å². The van der Waals surface area contributed by atoms with E-state index in [1.807, 2.05) is 7.05 Å². The summed E-state index contributed by atoms with van der Waals surface area (Å²) in [5, 5.41) is 13.5. The Hall–Kier alpha value is -0.120. The van der Waals surface area contributed by atoms with Crippen LogP contribution in [0.2, 0.25) is 0 Å². The molecule has 0 spiro atoms. The topological polar surface area (TPSA) is 156 Å². The maximum Gasteiger partial charge on any atom is 1.00 e. The van der Waals surface area contributed by atoms with Crippen LogP contribution >= 0.6 is 0 Å². The fraction of sp³-hybridized carbons (Fsp3) is 0.567. The second kappa shape index (κ2) is 26.0. The predicted octanol–water partition coefficient (Wildman–Crippen LogP) is -0.971. The summed E-state index contributed by atoms with van der Waals surface area (Å²) < 4.78 is 10.4. The van der Waals surface area contributed by atoms with Crippen LogP contribution in [0.1, 0.15) is 81.5 Å². The molecule has 0 bridgehead atoms. The van der Waals surface area contributed by atoms with Gasteiger partial charge in [-0.2, -0.15) is 0 Å². The molecular formula is C30H42N4O7Rb2. The zero-order chi connectivity index (χ0) is 29.9. The van der Waals surface area contributed by atoms with Gasteiger partial charge < -0.3 is 45.1 Å². The number of nitrogens with one attached hydrogen (secondary N) is 2. The molecule has 1 aromatic carbocycles. The molecule has 0 aliphatic heterocycles. The van der Waals surface area contributed by atoms with E-state index in [0.717, 1.165) is 56.2 Å². The van der Waals surface area contributed by atoms with Gasteiger partial charge >= 0.3 is 122 Å². The Labute approximate surface area is 352 Å². The Balaban J connectivity index is 0.00000882. The van der Waals surface area contributed by atoms with Crippen molar-refractivity contribution in [2.75, 3.05) is 40.0 Å². The first-order chi connectivity index (χ1) is 19.8. The summed E-state index contributed by atoms with van der Waals surface area (Å²) in [6, 6.07) is 6.47. The number of unbranched alkanes of at least 4 members (excludes halogenated alkanes) is 2. The van der Waals surface area contributed by atoms with Crippen molar-refractivity contribution in [1.29, 1.82) is 0 Å². The number of hydrogen-bond donors (Lipinski definition) is 2. The summed E-state index contributed by atoms with van der Waals surface area (Å²) in [5.74, 6) is -1.05. The molecule has 0 heterocycles. The van der Waals surface area contributed by atoms with Crippen LogP contribution in [0.25, 0.3) is 10.6 Å². The predicted molar refractivity (Wildman–Crippen MR) is 155 cm³/mol. The molecule has 0 radical (unpaired) electrons. The summed E-state index contributed by atoms with van der Waals surface area (Å²) >= 11 is 0. The maximum absolute atomic E-state index is 12.9. The molecule has 0 fully saturated rings. The number of Topliss-reactive ketones (excluding diaryl/α,β-unsaturated/α-hetero) is 2. The molecule has 0 saturated carbocycles. The molecule has 0 aromatic heterocycles. The van der Waals surface area contributed by atoms with Gasteiger partial charge in [0.05, 0.1) is 18.4 Å². The van der Waals surface area contributed by atoms with Crippen LogP contribution in [0, 0.1) is 0 Å². The molecule has 2 N–H and O–H groups in total. The first-order valence-electron chi connectivity index (χ1n) is 14.3. The smallest absolute Gasteiger partial charge is 0.651 e. The minimum Gasteiger partial charge on any atom is -0.651 e. The van der Waals surface area contributed by atoms with Gasteiger partial charge in [-0.25, -0.2) is 4.79 Å². The second-order valence-electron chi connectivity index (χ2n) is 9.79. The van der Waals surface area contributed by atoms with E-state index in [1.165, 1.54) is 0 Å². The van der Waals surface area contributed by atoms with Gasteiger partial charge in [0.2, 0.25) is 0 Å². The number of carbonyl (C=O) groups excluding carboxylic acids is 5. The molecule has 1 aliphatic rings. The van der Waals surface area contributed by atoms with E-state index in [4.69, 9.17) is 9.47 Å². The molecule has 226 valence electrons. The normalized spacial score (nSPS) is 12.2. The Morgan fingerprint density at radius 3 is 2.28 bits per heavy atom. The Morgan fingerprint density at radius 1 is 0.860 bits per heavy atom. The van der Waals surface area contributed by atoms with Crippen LogP contribution in [-0.2, 0) is 23.9 Å². The van der Waals surface area contributed by atoms with Gasteiger partial charge in [0.15, 0.2) is 5.78 Å². The number of carbonyl (C=O) groups is 5. The Bertz CT molecular complexity index is 1070. The zero-order valence-electron chi connectivity index (χ0n) is 26.2. The van der Waals surface area contributed by atoms with E-state index in [1.54, 1.807) is 31.2 Å². The number of nitrogens with zero attached hydrogens (tertiary/aromatic N) is 2. The minimum absolute atomic E-state index is 0. The van der Waals surface area contributed by atoms with Crippen LogP contribution in [0.5, 0.6) is 0 Å². The average molecular weight is 742 g/mol. The Morgan fingerprint density at radius 2 is 1.58 bits per heavy atom. The number of amides is 3. The van der Waals surface area contributed by atoms with E-state index >= 15 is 0 Å². The molecule has 13 heteroatoms. The summed E-state index contributed by atoms with van der Waals surface area (Å²) in [4.78, 5) is 59.4. The number of benzene rings is 1. The third-order valence-electron chi connectivity index (χ3n) is 6.39. The van der Waals surface area contributed by atoms with Crippen molar-refractivity contribution in [1.82, 2.24) is 10.6 Å². The largest absolute Gasteiger partial charge is 1.00 e. The first kappa shape index (κ1) is 42.9. The average Bonchev–Trinajstić information content (AvgIpc) is 2.96. The van der Waals surface area contributed by atoms with Crippen molar-refractivity contribution in [3.05, 3.63) is 51.7 Å². The quantitative estimate of drug-likeness (QED) is 0.104. The van der Waals surface area contributed by atoms with E-state index in [9.17, 15) is 24.0 Å². The Kier molecular flexibility index (Phi) is 25.9. The van der Waals surface area contributed by atoms with Gasteiger partial charge in [0, 0.05) is 62.9 Å². The molecule has 2 rings (SSSR count). The maximum atomic E-state index is 12.9. The number of ketones is 2. The van der Waals surface area contributed by atoms with Crippen LogP contribution in [0.3, 0.4) is 0 Å². The summed E-state index contributed by atoms with van der Waals surface area (Å²) in [5.41, 5.74) is 2.69. The third-order valence-corrected chi connectivity index (χ3v) is 6.39. The molecule has 11 nitrogen and oxygen atoms in total. The number of alkyl carbamates (subject to hydrolysis) is 1. The summed E-state index contributed by atoms with van der Waals surface area (Å²) in [6.45, 7) is 2.91. The monoisotopic (exact) mass is 740 g/mol. The van der Waals surface area contributed by atoms with Crippen molar-refractivity contribution in [3.63, 3.8) is 0 Å². The number of hydrogen-bond acceptors (Lipinski definition) is 8. The molecule has 3 amide bonds. The molecule has 0 atom stereocenters. The minimum atomic E-state index is -0.613. The van der Waals surface area contributed by atoms with Crippen LogP contribution < -0.4 is 127 Å². The molecule has 0 unspecified atom stereocenters. The van der Waals surface area contributed by atoms with Crippen molar-refractivity contribution in [2.24, 2.45) is 0 Å². The molecule has 1 aliphatic carbocycles. The van der Waals surface area contributed by atoms with Crippen molar-refractivity contribution >= 4 is 35.2 Å². The summed E-state index contributed by atoms with van der Waals surface area (Å²) in [6.07, 6.45) is 6.28. The number of ether oxygens (including phenoxy) is 2. The van der Waals surface area contributed by atoms with E-state index in [2.05, 4.69) is 21.3 Å². The van der Waals surface area contributed by atoms with E-state index in [-0.39, 0.29) is 148 Å². The third kappa shape index (κ3) is 19.2. The van der Waals surface area contributed by atoms with Crippen LogP contribution in [0.4, 0.5) is 10.5 Å². The van der Waals surface area contributed by atoms with E-state index < -0.39 is 24.3 Å². The zero-order valence-corrected chi connectivity index (χ0v) is 36.0. The number of allylic oxidation sites excluding steroid dienone is 2. The molecule has 1 aromatic rings. The SMILES string of the molecule is CNC1=C(C(=O)c2ccc([N-]C(=O)CC(=O)[N-]CCOCCCOC(=O)NCCCCCC(C)=O)cc2)CCCC1.[Rb+].[Rb+]. The van der Waals surface area contributed by atoms with Crippen molar-refractivity contribution in [3.8, 4) is 0 Å². The second-order valence-corrected chi connectivity index (χ2v) is 9.79. The fourth-order valence-corrected chi connectivity index (χ4v) is 4.24. The fourth-order valence-electron chi connectivity index (χ4n) is 4.24. The molecule has 0 saturated heterocycles. The van der Waals surface area contributed by atoms with Crippen LogP contribution in [-0.4, -0.2) is 69.4 Å². The first-order valence-corrected chi connectivity index (χ1v) is 14.3. The molecular weight excluding hydrogens is 699 g/mol. The van der Waals surface area contributed by atoms with Gasteiger partial charge in [-0.3, -0.25) is 4.79 Å². The summed E-state index contributed by atoms with van der Waals surface area (Å²) in [7, 11) is 1.83. The van der Waals surface area contributed by atoms with Gasteiger partial charge in [0.25, 0.3) is 0 Å². The van der Waals surface area contributed by atoms with Crippen LogP contribution in [0.15, 0.2) is 35.5 Å². The molecule has 43 heavy (non-hydrogen) atoms. The van der Waals surface area contributed by atoms with E-state index in [0.29, 0.717) is 37.2 Å². The van der Waals surface area contributed by atoms with Crippen molar-refractivity contribution in [2.45, 2.75) is 71.1 Å². The van der Waals surface area contributed by atoms with Crippen molar-refractivity contribution < 1.29 is 150 Å². The standard InChI is InChI=1S/C30H44N4O7.2Rb/c1-22(35)9-4-3-7-16-33-30(39)41-19-8-18-40-20-17-32-27(36)21-28(37)34-24-14-12-23(13-15-24)29(38)25-10-5-6-11-26(25)31-2;;/h12-15H,3-11,16-21H2,1-2H3,(H4,31,32,33,34,36,37,38,39);;/q;2*+1/p-2.